The first-order valence-corrected chi connectivity index (χ1v) is 11.3. The third kappa shape index (κ3) is 4.74. The maximum Gasteiger partial charge on any atom is 0.326 e. The van der Waals surface area contributed by atoms with Crippen molar-refractivity contribution in [3.8, 4) is 0 Å². The van der Waals surface area contributed by atoms with Crippen molar-refractivity contribution < 1.29 is 19.1 Å². The Morgan fingerprint density at radius 3 is 2.69 bits per heavy atom. The number of benzene rings is 2. The van der Waals surface area contributed by atoms with E-state index in [1.165, 1.54) is 0 Å². The summed E-state index contributed by atoms with van der Waals surface area (Å²) >= 11 is 6.95. The second-order valence-electron chi connectivity index (χ2n) is 7.67. The molecule has 1 aliphatic rings. The van der Waals surface area contributed by atoms with Gasteiger partial charge in [0, 0.05) is 34.2 Å². The van der Waals surface area contributed by atoms with Crippen LogP contribution in [0.25, 0.3) is 17.0 Å². The Labute approximate surface area is 194 Å². The van der Waals surface area contributed by atoms with Gasteiger partial charge in [0.15, 0.2) is 0 Å². The van der Waals surface area contributed by atoms with Crippen LogP contribution >= 0.6 is 23.4 Å². The lowest BCUT2D eigenvalue weighted by Gasteiger charge is -2.13. The first-order chi connectivity index (χ1) is 15.3. The predicted molar refractivity (Wildman–Crippen MR) is 126 cm³/mol. The Balaban J connectivity index is 1.63. The van der Waals surface area contributed by atoms with E-state index in [-0.39, 0.29) is 11.0 Å². The average molecular weight is 469 g/mol. The summed E-state index contributed by atoms with van der Waals surface area (Å²) in [6, 6.07) is 15.5. The molecule has 1 aliphatic heterocycles. The molecular weight excluding hydrogens is 448 g/mol. The summed E-state index contributed by atoms with van der Waals surface area (Å²) in [6.45, 7) is 3.64. The molecule has 3 aromatic rings. The van der Waals surface area contributed by atoms with E-state index in [0.717, 1.165) is 38.7 Å². The summed E-state index contributed by atoms with van der Waals surface area (Å²) in [5, 5.41) is 1.15. The molecule has 0 aliphatic carbocycles. The Kier molecular flexibility index (Phi) is 6.39. The van der Waals surface area contributed by atoms with Crippen LogP contribution in [0.5, 0.6) is 0 Å². The van der Waals surface area contributed by atoms with Gasteiger partial charge in [-0.2, -0.15) is 0 Å². The van der Waals surface area contributed by atoms with Gasteiger partial charge in [0.2, 0.25) is 0 Å². The zero-order valence-corrected chi connectivity index (χ0v) is 19.2. The van der Waals surface area contributed by atoms with Gasteiger partial charge in [-0.25, -0.2) is 0 Å². The minimum absolute atomic E-state index is 0.276. The monoisotopic (exact) mass is 468 g/mol. The lowest BCUT2D eigenvalue weighted by atomic mass is 10.1. The number of amides is 2. The second kappa shape index (κ2) is 9.22. The van der Waals surface area contributed by atoms with Crippen molar-refractivity contribution in [2.45, 2.75) is 26.5 Å². The van der Waals surface area contributed by atoms with Gasteiger partial charge < -0.3 is 9.30 Å². The molecule has 0 N–H and O–H groups in total. The van der Waals surface area contributed by atoms with Crippen molar-refractivity contribution in [3.05, 3.63) is 75.8 Å². The number of carbonyl (C=O) groups is 3. The zero-order chi connectivity index (χ0) is 22.8. The Morgan fingerprint density at radius 1 is 1.16 bits per heavy atom. The number of para-hydroxylation sites is 1. The quantitative estimate of drug-likeness (QED) is 0.361. The molecule has 0 spiro atoms. The number of rotatable bonds is 6. The molecule has 0 radical (unpaired) electrons. The van der Waals surface area contributed by atoms with Crippen molar-refractivity contribution in [1.82, 2.24) is 9.47 Å². The third-order valence-corrected chi connectivity index (χ3v) is 6.02. The molecule has 0 saturated carbocycles. The second-order valence-corrected chi connectivity index (χ2v) is 9.10. The molecule has 1 saturated heterocycles. The highest BCUT2D eigenvalue weighted by Crippen LogP contribution is 2.34. The van der Waals surface area contributed by atoms with E-state index in [2.05, 4.69) is 4.57 Å². The fourth-order valence-corrected chi connectivity index (χ4v) is 4.60. The summed E-state index contributed by atoms with van der Waals surface area (Å²) < 4.78 is 7.14. The van der Waals surface area contributed by atoms with E-state index in [9.17, 15) is 14.4 Å². The third-order valence-electron chi connectivity index (χ3n) is 4.88. The van der Waals surface area contributed by atoms with Gasteiger partial charge in [-0.3, -0.25) is 19.3 Å². The summed E-state index contributed by atoms with van der Waals surface area (Å²) in [7, 11) is 0. The molecule has 2 heterocycles. The Bertz CT molecular complexity index is 1250. The minimum Gasteiger partial charge on any atom is -0.462 e. The molecule has 1 fully saturated rings. The first kappa shape index (κ1) is 22.2. The average Bonchev–Trinajstić information content (AvgIpc) is 3.20. The molecule has 0 unspecified atom stereocenters. The van der Waals surface area contributed by atoms with Crippen molar-refractivity contribution >= 4 is 57.5 Å². The van der Waals surface area contributed by atoms with Crippen LogP contribution in [0.15, 0.2) is 59.6 Å². The number of esters is 1. The van der Waals surface area contributed by atoms with E-state index in [0.29, 0.717) is 11.6 Å². The molecule has 1 aromatic heterocycles. The molecule has 8 heteroatoms. The molecule has 0 bridgehead atoms. The summed E-state index contributed by atoms with van der Waals surface area (Å²) in [5.41, 5.74) is 2.87. The molecular formula is C24H21ClN2O4S. The number of thioether (sulfide) groups is 1. The number of fused-ring (bicyclic) bond motifs is 1. The van der Waals surface area contributed by atoms with Gasteiger partial charge in [-0.15, -0.1) is 0 Å². The molecule has 2 aromatic carbocycles. The molecule has 6 nitrogen and oxygen atoms in total. The molecule has 4 rings (SSSR count). The SMILES string of the molecule is CC(C)OC(=O)CN1C(=O)S/C(=C\c2cn(Cc3cccc(Cl)c3)c3ccccc23)C1=O. The number of nitrogens with zero attached hydrogens (tertiary/aromatic N) is 2. The lowest BCUT2D eigenvalue weighted by Crippen LogP contribution is -2.35. The van der Waals surface area contributed by atoms with Crippen LogP contribution in [0.4, 0.5) is 4.79 Å². The lowest BCUT2D eigenvalue weighted by molar-refractivity contribution is -0.149. The molecule has 164 valence electrons. The molecule has 0 atom stereocenters. The topological polar surface area (TPSA) is 68.6 Å². The highest BCUT2D eigenvalue weighted by Gasteiger charge is 2.37. The van der Waals surface area contributed by atoms with Crippen molar-refractivity contribution in [2.75, 3.05) is 6.54 Å². The van der Waals surface area contributed by atoms with Gasteiger partial charge >= 0.3 is 5.97 Å². The van der Waals surface area contributed by atoms with Crippen LogP contribution in [0, 0.1) is 0 Å². The Hall–Kier alpha value is -3.03. The van der Waals surface area contributed by atoms with Gasteiger partial charge in [-0.1, -0.05) is 41.9 Å². The zero-order valence-electron chi connectivity index (χ0n) is 17.6. The number of ether oxygens (including phenoxy) is 1. The summed E-state index contributed by atoms with van der Waals surface area (Å²) in [5.74, 6) is -1.10. The number of halogens is 1. The fourth-order valence-electron chi connectivity index (χ4n) is 3.56. The van der Waals surface area contributed by atoms with Gasteiger partial charge in [0.05, 0.1) is 11.0 Å². The van der Waals surface area contributed by atoms with Crippen LogP contribution < -0.4 is 0 Å². The van der Waals surface area contributed by atoms with Gasteiger partial charge in [-0.05, 0) is 55.4 Å². The highest BCUT2D eigenvalue weighted by atomic mass is 35.5. The van der Waals surface area contributed by atoms with Crippen LogP contribution in [0.3, 0.4) is 0 Å². The first-order valence-electron chi connectivity index (χ1n) is 10.1. The molecule has 2 amide bonds. The van der Waals surface area contributed by atoms with Crippen molar-refractivity contribution in [3.63, 3.8) is 0 Å². The standard InChI is InChI=1S/C24H21ClN2O4S/c1-15(2)31-22(28)14-27-23(29)21(32-24(27)30)11-17-13-26(20-9-4-3-8-19(17)20)12-16-6-5-7-18(25)10-16/h3-11,13,15H,12,14H2,1-2H3/b21-11-. The summed E-state index contributed by atoms with van der Waals surface area (Å²) in [6.07, 6.45) is 3.34. The predicted octanol–water partition coefficient (Wildman–Crippen LogP) is 5.33. The van der Waals surface area contributed by atoms with E-state index < -0.39 is 23.7 Å². The largest absolute Gasteiger partial charge is 0.462 e. The number of imide groups is 1. The van der Waals surface area contributed by atoms with Crippen molar-refractivity contribution in [2.24, 2.45) is 0 Å². The van der Waals surface area contributed by atoms with Crippen LogP contribution in [-0.2, 0) is 20.9 Å². The van der Waals surface area contributed by atoms with Gasteiger partial charge in [0.1, 0.15) is 6.54 Å². The van der Waals surface area contributed by atoms with Gasteiger partial charge in [0.25, 0.3) is 11.1 Å². The van der Waals surface area contributed by atoms with E-state index in [1.54, 1.807) is 19.9 Å². The maximum atomic E-state index is 12.8. The van der Waals surface area contributed by atoms with Crippen LogP contribution in [0.1, 0.15) is 25.0 Å². The summed E-state index contributed by atoms with van der Waals surface area (Å²) in [4.78, 5) is 38.3. The van der Waals surface area contributed by atoms with Crippen LogP contribution in [-0.4, -0.2) is 39.2 Å². The smallest absolute Gasteiger partial charge is 0.326 e. The Morgan fingerprint density at radius 2 is 1.94 bits per heavy atom. The van der Waals surface area contributed by atoms with Crippen molar-refractivity contribution in [1.29, 1.82) is 0 Å². The highest BCUT2D eigenvalue weighted by molar-refractivity contribution is 8.18. The maximum absolute atomic E-state index is 12.8. The molecule has 32 heavy (non-hydrogen) atoms. The number of carbonyl (C=O) groups excluding carboxylic acids is 3. The number of hydrogen-bond donors (Lipinski definition) is 0. The van der Waals surface area contributed by atoms with Crippen LogP contribution in [0.2, 0.25) is 5.02 Å². The van der Waals surface area contributed by atoms with E-state index in [4.69, 9.17) is 16.3 Å². The van der Waals surface area contributed by atoms with E-state index >= 15 is 0 Å². The van der Waals surface area contributed by atoms with E-state index in [1.807, 2.05) is 54.7 Å². The minimum atomic E-state index is -0.610. The normalized spacial score (nSPS) is 15.4. The number of aromatic nitrogens is 1. The number of hydrogen-bond acceptors (Lipinski definition) is 5. The fraction of sp³-hybridized carbons (Fsp3) is 0.208.